The number of carbonyl (C=O) groups is 1. The smallest absolute Gasteiger partial charge is 0.258 e. The van der Waals surface area contributed by atoms with Crippen molar-refractivity contribution in [2.45, 2.75) is 33.1 Å². The maximum absolute atomic E-state index is 13.1. The molecule has 0 N–H and O–H groups in total. The minimum absolute atomic E-state index is 0.0167. The molecular weight excluding hydrogens is 318 g/mol. The van der Waals surface area contributed by atoms with Crippen LogP contribution in [-0.2, 0) is 0 Å². The second kappa shape index (κ2) is 5.91. The molecule has 7 nitrogen and oxygen atoms in total. The quantitative estimate of drug-likeness (QED) is 0.714. The minimum Gasteiger partial charge on any atom is -0.338 e. The molecule has 1 aliphatic rings. The number of aryl methyl sites for hydroxylation is 3. The molecule has 3 aromatic rings. The Kier molecular flexibility index (Phi) is 3.71. The highest BCUT2D eigenvalue weighted by Gasteiger charge is 2.31. The summed E-state index contributed by atoms with van der Waals surface area (Å²) in [7, 11) is 0. The number of likely N-dealkylation sites (tertiary alicyclic amines) is 1. The maximum atomic E-state index is 13.1. The summed E-state index contributed by atoms with van der Waals surface area (Å²) in [6, 6.07) is 3.69. The molecule has 0 saturated carbocycles. The summed E-state index contributed by atoms with van der Waals surface area (Å²) in [5, 5.41) is 4.65. The lowest BCUT2D eigenvalue weighted by atomic mass is 10.1. The van der Waals surface area contributed by atoms with Crippen LogP contribution < -0.4 is 0 Å². The van der Waals surface area contributed by atoms with Crippen molar-refractivity contribution in [1.29, 1.82) is 0 Å². The van der Waals surface area contributed by atoms with Crippen LogP contribution in [0, 0.1) is 20.8 Å². The van der Waals surface area contributed by atoms with Gasteiger partial charge >= 0.3 is 0 Å². The van der Waals surface area contributed by atoms with Gasteiger partial charge in [0.15, 0.2) is 0 Å². The van der Waals surface area contributed by atoms with Crippen molar-refractivity contribution in [2.24, 2.45) is 0 Å². The van der Waals surface area contributed by atoms with Crippen molar-refractivity contribution < 1.29 is 9.32 Å². The van der Waals surface area contributed by atoms with Crippen LogP contribution in [0.4, 0.5) is 0 Å². The first-order valence-electron chi connectivity index (χ1n) is 8.35. The van der Waals surface area contributed by atoms with Gasteiger partial charge in [-0.05, 0) is 39.3 Å². The minimum atomic E-state index is -0.0167. The Balaban J connectivity index is 1.63. The lowest BCUT2D eigenvalue weighted by Crippen LogP contribution is -2.29. The van der Waals surface area contributed by atoms with E-state index in [1.807, 2.05) is 37.8 Å². The van der Waals surface area contributed by atoms with Crippen LogP contribution in [0.15, 0.2) is 22.9 Å². The van der Waals surface area contributed by atoms with Gasteiger partial charge in [-0.2, -0.15) is 0 Å². The average Bonchev–Trinajstić information content (AvgIpc) is 3.21. The number of amides is 1. The lowest BCUT2D eigenvalue weighted by molar-refractivity contribution is 0.0792. The Morgan fingerprint density at radius 2 is 2.08 bits per heavy atom. The molecule has 0 aromatic carbocycles. The van der Waals surface area contributed by atoms with E-state index in [0.717, 1.165) is 23.6 Å². The number of fused-ring (bicyclic) bond motifs is 1. The lowest BCUT2D eigenvalue weighted by Gasteiger charge is -2.17. The molecule has 0 spiro atoms. The van der Waals surface area contributed by atoms with E-state index >= 15 is 0 Å². The Morgan fingerprint density at radius 1 is 1.24 bits per heavy atom. The van der Waals surface area contributed by atoms with E-state index in [2.05, 4.69) is 20.1 Å². The second-order valence-electron chi connectivity index (χ2n) is 6.55. The van der Waals surface area contributed by atoms with E-state index in [-0.39, 0.29) is 11.8 Å². The van der Waals surface area contributed by atoms with Crippen molar-refractivity contribution in [2.75, 3.05) is 13.1 Å². The summed E-state index contributed by atoms with van der Waals surface area (Å²) in [6.45, 7) is 6.94. The molecule has 128 valence electrons. The highest BCUT2D eigenvalue weighted by molar-refractivity contribution is 6.06. The fraction of sp³-hybridized carbons (Fsp3) is 0.389. The highest BCUT2D eigenvalue weighted by Crippen LogP contribution is 2.29. The van der Waals surface area contributed by atoms with E-state index in [4.69, 9.17) is 4.52 Å². The molecule has 1 fully saturated rings. The van der Waals surface area contributed by atoms with Crippen LogP contribution in [-0.4, -0.2) is 44.0 Å². The van der Waals surface area contributed by atoms with Gasteiger partial charge in [-0.15, -0.1) is 0 Å². The van der Waals surface area contributed by atoms with E-state index in [1.54, 1.807) is 6.20 Å². The first-order chi connectivity index (χ1) is 12.0. The average molecular weight is 337 g/mol. The number of hydrogen-bond acceptors (Lipinski definition) is 6. The standard InChI is InChI=1S/C18H19N5O2/c1-10-4-6-19-16(20-10)13-5-7-23(9-13)18(24)14-8-11(2)21-17-15(14)12(3)22-25-17/h4,6,8,13H,5,7,9H2,1-3H3/t13-/m1/s1. The van der Waals surface area contributed by atoms with Crippen molar-refractivity contribution in [3.8, 4) is 0 Å². The van der Waals surface area contributed by atoms with Crippen LogP contribution in [0.2, 0.25) is 0 Å². The summed E-state index contributed by atoms with van der Waals surface area (Å²) in [5.74, 6) is 0.968. The largest absolute Gasteiger partial charge is 0.338 e. The second-order valence-corrected chi connectivity index (χ2v) is 6.55. The zero-order chi connectivity index (χ0) is 17.6. The normalized spacial score (nSPS) is 17.4. The van der Waals surface area contributed by atoms with E-state index in [1.165, 1.54) is 0 Å². The predicted octanol–water partition coefficient (Wildman–Crippen LogP) is 2.57. The third-order valence-corrected chi connectivity index (χ3v) is 4.63. The number of pyridine rings is 1. The van der Waals surface area contributed by atoms with E-state index < -0.39 is 0 Å². The highest BCUT2D eigenvalue weighted by atomic mass is 16.5. The van der Waals surface area contributed by atoms with Gasteiger partial charge in [-0.1, -0.05) is 5.16 Å². The van der Waals surface area contributed by atoms with Gasteiger partial charge in [0.1, 0.15) is 5.82 Å². The van der Waals surface area contributed by atoms with Gasteiger partial charge in [-0.3, -0.25) is 4.79 Å². The first kappa shape index (κ1) is 15.7. The zero-order valence-electron chi connectivity index (χ0n) is 14.5. The van der Waals surface area contributed by atoms with Crippen molar-refractivity contribution in [3.05, 3.63) is 46.8 Å². The van der Waals surface area contributed by atoms with Crippen LogP contribution in [0.5, 0.6) is 0 Å². The molecule has 3 aromatic heterocycles. The number of hydrogen-bond donors (Lipinski definition) is 0. The molecule has 1 amide bonds. The summed E-state index contributed by atoms with van der Waals surface area (Å²) in [5.41, 5.74) is 3.39. The number of nitrogens with zero attached hydrogens (tertiary/aromatic N) is 5. The van der Waals surface area contributed by atoms with Crippen molar-refractivity contribution in [3.63, 3.8) is 0 Å². The molecule has 1 saturated heterocycles. The molecule has 1 aliphatic heterocycles. The van der Waals surface area contributed by atoms with Crippen LogP contribution in [0.1, 0.15) is 45.6 Å². The molecule has 4 heterocycles. The molecule has 0 bridgehead atoms. The number of aromatic nitrogens is 4. The van der Waals surface area contributed by atoms with Crippen LogP contribution in [0.3, 0.4) is 0 Å². The number of carbonyl (C=O) groups excluding carboxylic acids is 1. The molecule has 7 heteroatoms. The van der Waals surface area contributed by atoms with E-state index in [0.29, 0.717) is 35.4 Å². The molecule has 0 aliphatic carbocycles. The van der Waals surface area contributed by atoms with Gasteiger partial charge in [0.25, 0.3) is 11.6 Å². The molecule has 0 radical (unpaired) electrons. The van der Waals surface area contributed by atoms with Crippen LogP contribution in [0.25, 0.3) is 11.1 Å². The third-order valence-electron chi connectivity index (χ3n) is 4.63. The Bertz CT molecular complexity index is 965. The van der Waals surface area contributed by atoms with Gasteiger partial charge in [0.05, 0.1) is 16.6 Å². The fourth-order valence-corrected chi connectivity index (χ4v) is 3.38. The third kappa shape index (κ3) is 2.75. The van der Waals surface area contributed by atoms with Crippen molar-refractivity contribution >= 4 is 17.0 Å². The predicted molar refractivity (Wildman–Crippen MR) is 91.3 cm³/mol. The summed E-state index contributed by atoms with van der Waals surface area (Å²) in [4.78, 5) is 28.2. The summed E-state index contributed by atoms with van der Waals surface area (Å²) in [6.07, 6.45) is 2.64. The zero-order valence-corrected chi connectivity index (χ0v) is 14.5. The molecule has 1 atom stereocenters. The van der Waals surface area contributed by atoms with Gasteiger partial charge in [0, 0.05) is 36.6 Å². The summed E-state index contributed by atoms with van der Waals surface area (Å²) < 4.78 is 5.23. The summed E-state index contributed by atoms with van der Waals surface area (Å²) >= 11 is 0. The molecule has 25 heavy (non-hydrogen) atoms. The first-order valence-corrected chi connectivity index (χ1v) is 8.35. The molecular formula is C18H19N5O2. The van der Waals surface area contributed by atoms with Crippen LogP contribution >= 0.6 is 0 Å². The fourth-order valence-electron chi connectivity index (χ4n) is 3.38. The van der Waals surface area contributed by atoms with Gasteiger partial charge < -0.3 is 9.42 Å². The Morgan fingerprint density at radius 3 is 2.88 bits per heavy atom. The monoisotopic (exact) mass is 337 g/mol. The SMILES string of the molecule is Cc1ccnc([C@@H]2CCN(C(=O)c3cc(C)nc4onc(C)c34)C2)n1. The Labute approximate surface area is 145 Å². The van der Waals surface area contributed by atoms with E-state index in [9.17, 15) is 4.79 Å². The topological polar surface area (TPSA) is 85.0 Å². The molecule has 4 rings (SSSR count). The van der Waals surface area contributed by atoms with Crippen molar-refractivity contribution in [1.82, 2.24) is 25.0 Å². The van der Waals surface area contributed by atoms with Gasteiger partial charge in [-0.25, -0.2) is 15.0 Å². The number of rotatable bonds is 2. The van der Waals surface area contributed by atoms with Gasteiger partial charge in [0.2, 0.25) is 0 Å². The molecule has 0 unspecified atom stereocenters. The Hall–Kier alpha value is -2.83. The maximum Gasteiger partial charge on any atom is 0.258 e.